The topological polar surface area (TPSA) is 49.4 Å². The van der Waals surface area contributed by atoms with Crippen LogP contribution in [0.5, 0.6) is 0 Å². The Balaban J connectivity index is 2.25. The third-order valence-electron chi connectivity index (χ3n) is 4.27. The Kier molecular flexibility index (Phi) is 8.14. The molecule has 0 aliphatic rings. The van der Waals surface area contributed by atoms with Crippen molar-refractivity contribution in [2.24, 2.45) is 0 Å². The van der Waals surface area contributed by atoms with E-state index in [0.717, 1.165) is 11.1 Å². The van der Waals surface area contributed by atoms with Gasteiger partial charge in [0.1, 0.15) is 6.04 Å². The van der Waals surface area contributed by atoms with Crippen LogP contribution < -0.4 is 5.32 Å². The molecule has 0 aromatic heterocycles. The quantitative estimate of drug-likeness (QED) is 0.702. The predicted molar refractivity (Wildman–Crippen MR) is 110 cm³/mol. The van der Waals surface area contributed by atoms with Gasteiger partial charge in [-0.1, -0.05) is 54.4 Å². The summed E-state index contributed by atoms with van der Waals surface area (Å²) in [6.07, 6.45) is 0.743. The van der Waals surface area contributed by atoms with Crippen LogP contribution in [0.1, 0.15) is 31.4 Å². The molecule has 2 rings (SSSR count). The van der Waals surface area contributed by atoms with E-state index in [0.29, 0.717) is 29.6 Å². The number of hydrogen-bond donors (Lipinski definition) is 1. The van der Waals surface area contributed by atoms with Crippen LogP contribution in [0.15, 0.2) is 48.5 Å². The molecule has 0 unspecified atom stereocenters. The van der Waals surface area contributed by atoms with Gasteiger partial charge in [0.2, 0.25) is 11.8 Å². The number of nitrogens with one attached hydrogen (secondary N) is 1. The smallest absolute Gasteiger partial charge is 0.242 e. The second-order valence-electron chi connectivity index (χ2n) is 6.27. The fourth-order valence-corrected chi connectivity index (χ4v) is 3.13. The lowest BCUT2D eigenvalue weighted by Crippen LogP contribution is -2.49. The first-order valence-corrected chi connectivity index (χ1v) is 9.76. The molecule has 6 heteroatoms. The first-order chi connectivity index (χ1) is 12.9. The van der Waals surface area contributed by atoms with Crippen molar-refractivity contribution in [3.8, 4) is 0 Å². The number of rotatable bonds is 8. The van der Waals surface area contributed by atoms with Crippen molar-refractivity contribution in [3.63, 3.8) is 0 Å². The highest BCUT2D eigenvalue weighted by Crippen LogP contribution is 2.17. The third kappa shape index (κ3) is 6.26. The summed E-state index contributed by atoms with van der Waals surface area (Å²) in [6.45, 7) is 4.64. The van der Waals surface area contributed by atoms with Crippen LogP contribution in [0.3, 0.4) is 0 Å². The molecule has 0 bridgehead atoms. The zero-order chi connectivity index (χ0) is 19.8. The summed E-state index contributed by atoms with van der Waals surface area (Å²) in [5.74, 6) is -0.246. The molecule has 27 heavy (non-hydrogen) atoms. The highest BCUT2D eigenvalue weighted by Gasteiger charge is 2.28. The zero-order valence-electron chi connectivity index (χ0n) is 15.5. The molecular formula is C21H24Cl2N2O2. The maximum absolute atomic E-state index is 13.1. The van der Waals surface area contributed by atoms with Crippen LogP contribution >= 0.6 is 23.2 Å². The van der Waals surface area contributed by atoms with Crippen molar-refractivity contribution in [3.05, 3.63) is 69.7 Å². The SMILES string of the molecule is CCNC(=O)[C@H](CC)N(Cc1ccc(Cl)cc1)C(=O)Cc1ccc(Cl)cc1. The lowest BCUT2D eigenvalue weighted by molar-refractivity contribution is -0.140. The molecule has 2 aromatic carbocycles. The van der Waals surface area contributed by atoms with Crippen LogP contribution in [-0.2, 0) is 22.6 Å². The number of halogens is 2. The number of carbonyl (C=O) groups is 2. The summed E-state index contributed by atoms with van der Waals surface area (Å²) in [5, 5.41) is 4.08. The molecule has 1 atom stereocenters. The number of benzene rings is 2. The number of likely N-dealkylation sites (N-methyl/N-ethyl adjacent to an activating group) is 1. The Hall–Kier alpha value is -2.04. The van der Waals surface area contributed by atoms with Crippen LogP contribution in [0.25, 0.3) is 0 Å². The van der Waals surface area contributed by atoms with Gasteiger partial charge in [0.25, 0.3) is 0 Å². The van der Waals surface area contributed by atoms with E-state index in [1.165, 1.54) is 0 Å². The molecule has 0 radical (unpaired) electrons. The van der Waals surface area contributed by atoms with Gasteiger partial charge < -0.3 is 10.2 Å². The Morgan fingerprint density at radius 1 is 0.926 bits per heavy atom. The van der Waals surface area contributed by atoms with Crippen molar-refractivity contribution >= 4 is 35.0 Å². The second-order valence-corrected chi connectivity index (χ2v) is 7.14. The van der Waals surface area contributed by atoms with Gasteiger partial charge in [0.05, 0.1) is 6.42 Å². The summed E-state index contributed by atoms with van der Waals surface area (Å²) < 4.78 is 0. The molecule has 0 aliphatic heterocycles. The highest BCUT2D eigenvalue weighted by molar-refractivity contribution is 6.30. The molecule has 2 aromatic rings. The molecule has 144 valence electrons. The van der Waals surface area contributed by atoms with E-state index in [4.69, 9.17) is 23.2 Å². The standard InChI is InChI=1S/C21H24Cl2N2O2/c1-3-19(21(27)24-4-2)25(14-16-7-11-18(23)12-8-16)20(26)13-15-5-9-17(22)10-6-15/h5-12,19H,3-4,13-14H2,1-2H3,(H,24,27)/t19-/m0/s1. The van der Waals surface area contributed by atoms with Gasteiger partial charge in [-0.15, -0.1) is 0 Å². The van der Waals surface area contributed by atoms with E-state index in [9.17, 15) is 9.59 Å². The average molecular weight is 407 g/mol. The summed E-state index contributed by atoms with van der Waals surface area (Å²) >= 11 is 11.9. The van der Waals surface area contributed by atoms with E-state index in [1.807, 2.05) is 38.1 Å². The molecular weight excluding hydrogens is 383 g/mol. The lowest BCUT2D eigenvalue weighted by Gasteiger charge is -2.30. The molecule has 0 saturated carbocycles. The number of hydrogen-bond acceptors (Lipinski definition) is 2. The first-order valence-electron chi connectivity index (χ1n) is 9.00. The van der Waals surface area contributed by atoms with Gasteiger partial charge >= 0.3 is 0 Å². The van der Waals surface area contributed by atoms with Crippen LogP contribution in [0, 0.1) is 0 Å². The third-order valence-corrected chi connectivity index (χ3v) is 4.78. The summed E-state index contributed by atoms with van der Waals surface area (Å²) in [4.78, 5) is 27.2. The van der Waals surface area contributed by atoms with E-state index in [2.05, 4.69) is 5.32 Å². The molecule has 0 heterocycles. The maximum atomic E-state index is 13.1. The second kappa shape index (κ2) is 10.3. The minimum atomic E-state index is -0.527. The van der Waals surface area contributed by atoms with Crippen molar-refractivity contribution in [1.82, 2.24) is 10.2 Å². The fraction of sp³-hybridized carbons (Fsp3) is 0.333. The zero-order valence-corrected chi connectivity index (χ0v) is 17.1. The minimum Gasteiger partial charge on any atom is -0.355 e. The van der Waals surface area contributed by atoms with Crippen LogP contribution in [0.4, 0.5) is 0 Å². The Morgan fingerprint density at radius 3 is 1.93 bits per heavy atom. The molecule has 1 N–H and O–H groups in total. The molecule has 0 saturated heterocycles. The largest absolute Gasteiger partial charge is 0.355 e. The van der Waals surface area contributed by atoms with Crippen LogP contribution in [-0.4, -0.2) is 29.3 Å². The summed E-state index contributed by atoms with van der Waals surface area (Å²) in [5.41, 5.74) is 1.78. The highest BCUT2D eigenvalue weighted by atomic mass is 35.5. The normalized spacial score (nSPS) is 11.7. The van der Waals surface area contributed by atoms with Crippen molar-refractivity contribution < 1.29 is 9.59 Å². The number of carbonyl (C=O) groups excluding carboxylic acids is 2. The van der Waals surface area contributed by atoms with Crippen LogP contribution in [0.2, 0.25) is 10.0 Å². The number of amides is 2. The van der Waals surface area contributed by atoms with E-state index in [-0.39, 0.29) is 18.2 Å². The van der Waals surface area contributed by atoms with Crippen molar-refractivity contribution in [1.29, 1.82) is 0 Å². The molecule has 0 spiro atoms. The average Bonchev–Trinajstić information content (AvgIpc) is 2.65. The fourth-order valence-electron chi connectivity index (χ4n) is 2.88. The van der Waals surface area contributed by atoms with E-state index in [1.54, 1.807) is 29.2 Å². The summed E-state index contributed by atoms with van der Waals surface area (Å²) in [6, 6.07) is 14.0. The van der Waals surface area contributed by atoms with E-state index < -0.39 is 6.04 Å². The van der Waals surface area contributed by atoms with Gasteiger partial charge in [-0.05, 0) is 48.7 Å². The Labute approximate surface area is 170 Å². The lowest BCUT2D eigenvalue weighted by atomic mass is 10.1. The maximum Gasteiger partial charge on any atom is 0.242 e. The molecule has 2 amide bonds. The summed E-state index contributed by atoms with van der Waals surface area (Å²) in [7, 11) is 0. The van der Waals surface area contributed by atoms with Gasteiger partial charge in [-0.2, -0.15) is 0 Å². The molecule has 0 aliphatic carbocycles. The predicted octanol–water partition coefficient (Wildman–Crippen LogP) is 4.48. The van der Waals surface area contributed by atoms with Crippen molar-refractivity contribution in [2.45, 2.75) is 39.3 Å². The molecule has 4 nitrogen and oxygen atoms in total. The molecule has 0 fully saturated rings. The Morgan fingerprint density at radius 2 is 1.44 bits per heavy atom. The van der Waals surface area contributed by atoms with Gasteiger partial charge in [0.15, 0.2) is 0 Å². The van der Waals surface area contributed by atoms with E-state index >= 15 is 0 Å². The monoisotopic (exact) mass is 406 g/mol. The van der Waals surface area contributed by atoms with Gasteiger partial charge in [-0.3, -0.25) is 9.59 Å². The van der Waals surface area contributed by atoms with Gasteiger partial charge in [-0.25, -0.2) is 0 Å². The number of nitrogens with zero attached hydrogens (tertiary/aromatic N) is 1. The first kappa shape index (κ1) is 21.3. The van der Waals surface area contributed by atoms with Gasteiger partial charge in [0, 0.05) is 23.1 Å². The van der Waals surface area contributed by atoms with Crippen molar-refractivity contribution in [2.75, 3.05) is 6.54 Å². The minimum absolute atomic E-state index is 0.106. The Bertz CT molecular complexity index is 761.